The highest BCUT2D eigenvalue weighted by Gasteiger charge is 2.59. The second-order valence-electron chi connectivity index (χ2n) is 18.7. The molecule has 0 aliphatic carbocycles. The van der Waals surface area contributed by atoms with E-state index in [2.05, 4.69) is 102 Å². The largest absolute Gasteiger partial charge is 0.508 e. The third-order valence-electron chi connectivity index (χ3n) is 15.0. The second-order valence-corrected chi connectivity index (χ2v) is 18.7. The van der Waals surface area contributed by atoms with E-state index in [0.717, 1.165) is 48.9 Å². The number of carbonyl (C=O) groups is 1. The average Bonchev–Trinajstić information content (AvgIpc) is 3.85. The van der Waals surface area contributed by atoms with Crippen LogP contribution in [0, 0.1) is 11.6 Å². The summed E-state index contributed by atoms with van der Waals surface area (Å²) in [6, 6.07) is 37.7. The van der Waals surface area contributed by atoms with Crippen molar-refractivity contribution >= 4 is 33.4 Å². The fourth-order valence-corrected chi connectivity index (χ4v) is 12.1. The van der Waals surface area contributed by atoms with Gasteiger partial charge in [-0.3, -0.25) is 19.6 Å². The minimum absolute atomic E-state index is 0.0532. The van der Waals surface area contributed by atoms with Gasteiger partial charge in [0.1, 0.15) is 47.4 Å². The van der Waals surface area contributed by atoms with Crippen molar-refractivity contribution in [3.8, 4) is 23.0 Å². The molecule has 2 aromatic heterocycles. The summed E-state index contributed by atoms with van der Waals surface area (Å²) in [5, 5.41) is 11.5. The van der Waals surface area contributed by atoms with Crippen molar-refractivity contribution in [2.45, 2.75) is 67.5 Å². The van der Waals surface area contributed by atoms with Gasteiger partial charge in [0.15, 0.2) is 5.82 Å². The van der Waals surface area contributed by atoms with Gasteiger partial charge in [-0.2, -0.15) is 9.97 Å². The molecule has 5 aliphatic rings. The lowest BCUT2D eigenvalue weighted by atomic mass is 9.76. The number of ether oxygens (including phenoxy) is 1. The van der Waals surface area contributed by atoms with Gasteiger partial charge in [-0.15, -0.1) is 0 Å². The summed E-state index contributed by atoms with van der Waals surface area (Å²) in [5.74, 6) is -1.04. The van der Waals surface area contributed by atoms with E-state index in [9.17, 15) is 9.50 Å². The summed E-state index contributed by atoms with van der Waals surface area (Å²) in [7, 11) is 0. The van der Waals surface area contributed by atoms with E-state index in [0.29, 0.717) is 49.2 Å². The maximum atomic E-state index is 17.3. The lowest BCUT2D eigenvalue weighted by molar-refractivity contribution is -0.135. The Hall–Kier alpha value is -6.57. The Kier molecular flexibility index (Phi) is 9.79. The van der Waals surface area contributed by atoms with Crippen molar-refractivity contribution < 1.29 is 27.8 Å². The Morgan fingerprint density at radius 2 is 1.48 bits per heavy atom. The number of phenolic OH excluding ortho intramolecular Hbond substituents is 1. The van der Waals surface area contributed by atoms with Crippen LogP contribution in [0.2, 0.25) is 0 Å². The first kappa shape index (κ1) is 40.9. The molecule has 1 amide bonds. The third-order valence-corrected chi connectivity index (χ3v) is 15.0. The molecule has 5 saturated heterocycles. The number of amides is 1. The molecule has 0 spiro atoms. The van der Waals surface area contributed by atoms with Crippen LogP contribution in [-0.4, -0.2) is 110 Å². The molecule has 0 radical (unpaired) electrons. The van der Waals surface area contributed by atoms with Gasteiger partial charge in [-0.05, 0) is 72.5 Å². The number of rotatable bonds is 10. The molecule has 5 aliphatic heterocycles. The van der Waals surface area contributed by atoms with Crippen molar-refractivity contribution in [3.63, 3.8) is 0 Å². The van der Waals surface area contributed by atoms with Gasteiger partial charge in [0.2, 0.25) is 5.91 Å². The highest BCUT2D eigenvalue weighted by molar-refractivity contribution is 6.00. The maximum Gasteiger partial charge on any atom is 0.319 e. The Morgan fingerprint density at radius 1 is 0.818 bits per heavy atom. The molecule has 5 fully saturated rings. The summed E-state index contributed by atoms with van der Waals surface area (Å²) < 4.78 is 53.9. The molecule has 0 saturated carbocycles. The first-order valence-electron chi connectivity index (χ1n) is 23.0. The topological polar surface area (TPSA) is 97.9 Å². The minimum Gasteiger partial charge on any atom is -0.508 e. The number of phenols is 1. The van der Waals surface area contributed by atoms with Crippen LogP contribution in [0.3, 0.4) is 0 Å². The molecule has 2 bridgehead atoms. The zero-order valence-corrected chi connectivity index (χ0v) is 36.2. The molecular formula is C53H48F3N7O3. The molecule has 334 valence electrons. The monoisotopic (exact) mass is 887 g/mol. The van der Waals surface area contributed by atoms with E-state index in [1.165, 1.54) is 30.5 Å². The molecule has 1 N–H and O–H groups in total. The van der Waals surface area contributed by atoms with Gasteiger partial charge in [-0.25, -0.2) is 13.2 Å². The van der Waals surface area contributed by atoms with E-state index in [4.69, 9.17) is 9.72 Å². The Bertz CT molecular complexity index is 2890. The Morgan fingerprint density at radius 3 is 2.15 bits per heavy atom. The first-order chi connectivity index (χ1) is 32.2. The molecule has 10 nitrogen and oxygen atoms in total. The molecule has 5 aromatic carbocycles. The molecule has 2 unspecified atom stereocenters. The number of halogens is 3. The van der Waals surface area contributed by atoms with Crippen LogP contribution in [0.1, 0.15) is 48.8 Å². The molecule has 7 heterocycles. The number of pyridine rings is 1. The van der Waals surface area contributed by atoms with Crippen molar-refractivity contribution in [1.82, 2.24) is 29.7 Å². The van der Waals surface area contributed by atoms with Gasteiger partial charge in [-0.1, -0.05) is 103 Å². The quantitative estimate of drug-likeness (QED) is 0.107. The maximum absolute atomic E-state index is 17.3. The van der Waals surface area contributed by atoms with Crippen molar-refractivity contribution in [3.05, 3.63) is 156 Å². The first-order valence-corrected chi connectivity index (χ1v) is 23.0. The van der Waals surface area contributed by atoms with Gasteiger partial charge in [0, 0.05) is 61.8 Å². The molecule has 7 aromatic rings. The molecule has 12 rings (SSSR count). The van der Waals surface area contributed by atoms with Crippen molar-refractivity contribution in [2.75, 3.05) is 44.2 Å². The molecular weight excluding hydrogens is 840 g/mol. The Labute approximate surface area is 380 Å². The SMILES string of the molecule is O=C(C1CN1C(c1ccccc1)(c1ccccc1)c1ccccc1)N1[C@@H]2CC[C@H]1CN(c1nc(OC[C@@]34CCCN3C[C@H](F)C4)nc3c(F)c(-c4cc(O)cc5cccc(F)c45)ncc13)C2. The number of benzene rings is 5. The predicted molar refractivity (Wildman–Crippen MR) is 246 cm³/mol. The number of fused-ring (bicyclic) bond motifs is 5. The van der Waals surface area contributed by atoms with E-state index >= 15 is 13.6 Å². The lowest BCUT2D eigenvalue weighted by Gasteiger charge is -2.43. The highest BCUT2D eigenvalue weighted by Crippen LogP contribution is 2.50. The minimum atomic E-state index is -0.964. The van der Waals surface area contributed by atoms with Crippen LogP contribution in [0.5, 0.6) is 11.8 Å². The van der Waals surface area contributed by atoms with E-state index in [1.807, 2.05) is 18.2 Å². The second kappa shape index (κ2) is 15.8. The fraction of sp³-hybridized carbons (Fsp3) is 0.321. The van der Waals surface area contributed by atoms with E-state index in [-0.39, 0.29) is 64.6 Å². The van der Waals surface area contributed by atoms with Gasteiger partial charge < -0.3 is 19.6 Å². The zero-order chi connectivity index (χ0) is 44.7. The number of aromatic nitrogens is 3. The summed E-state index contributed by atoms with van der Waals surface area (Å²) in [4.78, 5) is 37.9. The smallest absolute Gasteiger partial charge is 0.319 e. The van der Waals surface area contributed by atoms with Crippen LogP contribution in [0.4, 0.5) is 19.0 Å². The molecule has 13 heteroatoms. The fourth-order valence-electron chi connectivity index (χ4n) is 12.1. The van der Waals surface area contributed by atoms with Crippen LogP contribution < -0.4 is 9.64 Å². The van der Waals surface area contributed by atoms with Crippen LogP contribution in [0.15, 0.2) is 128 Å². The number of piperazine rings is 1. The average molecular weight is 888 g/mol. The number of aromatic hydroxyl groups is 1. The normalized spacial score (nSPS) is 24.9. The zero-order valence-electron chi connectivity index (χ0n) is 36.2. The van der Waals surface area contributed by atoms with Crippen molar-refractivity contribution in [1.29, 1.82) is 0 Å². The van der Waals surface area contributed by atoms with Crippen LogP contribution in [0.25, 0.3) is 32.9 Å². The number of hydrogen-bond acceptors (Lipinski definition) is 9. The standard InChI is InChI=1S/C53H48F3N7O3/c54-37-26-52(22-11-23-61(52)28-37)32-66-51-58-48-42(27-57-47(46(48)56)41-25-40(64)24-33-12-10-19-43(55)45(33)41)49(59-51)60-29-38-20-21-39(30-60)63(38)50(65)44-31-62(44)53(34-13-4-1-5-14-34,35-15-6-2-7-16-35)36-17-8-3-9-18-36/h1-10,12-19,24-25,27,37-39,44,64H,11,20-23,26,28-32H2/t37-,38-,39+,44?,52+,62?/m1/s1. The van der Waals surface area contributed by atoms with Gasteiger partial charge >= 0.3 is 6.01 Å². The van der Waals surface area contributed by atoms with Gasteiger partial charge in [0.25, 0.3) is 0 Å². The lowest BCUT2D eigenvalue weighted by Crippen LogP contribution is -2.57. The van der Waals surface area contributed by atoms with Crippen LogP contribution >= 0.6 is 0 Å². The predicted octanol–water partition coefficient (Wildman–Crippen LogP) is 8.64. The Balaban J connectivity index is 0.894. The van der Waals surface area contributed by atoms with Crippen molar-refractivity contribution in [2.24, 2.45) is 0 Å². The number of hydrogen-bond donors (Lipinski definition) is 1. The van der Waals surface area contributed by atoms with E-state index in [1.54, 1.807) is 6.07 Å². The molecule has 66 heavy (non-hydrogen) atoms. The molecule has 6 atom stereocenters. The number of nitrogens with zero attached hydrogens (tertiary/aromatic N) is 7. The van der Waals surface area contributed by atoms with Gasteiger partial charge in [0.05, 0.1) is 16.5 Å². The summed E-state index contributed by atoms with van der Waals surface area (Å²) >= 11 is 0. The summed E-state index contributed by atoms with van der Waals surface area (Å²) in [6.45, 7) is 2.73. The highest BCUT2D eigenvalue weighted by atomic mass is 19.1. The summed E-state index contributed by atoms with van der Waals surface area (Å²) in [5.41, 5.74) is 1.89. The number of anilines is 1. The number of carbonyl (C=O) groups excluding carboxylic acids is 1. The van der Waals surface area contributed by atoms with E-state index < -0.39 is 28.9 Å². The third kappa shape index (κ3) is 6.52. The van der Waals surface area contributed by atoms with Crippen LogP contribution in [-0.2, 0) is 10.3 Å². The number of alkyl halides is 1. The summed E-state index contributed by atoms with van der Waals surface area (Å²) in [6.07, 6.45) is 4.16.